The van der Waals surface area contributed by atoms with Gasteiger partial charge >= 0.3 is 5.97 Å². The van der Waals surface area contributed by atoms with Crippen molar-refractivity contribution >= 4 is 46.6 Å². The van der Waals surface area contributed by atoms with Crippen LogP contribution in [-0.2, 0) is 22.7 Å². The number of hydrogen-bond donors (Lipinski definition) is 4. The largest absolute Gasteiger partial charge is 0.481 e. The first kappa shape index (κ1) is 33.5. The van der Waals surface area contributed by atoms with Crippen LogP contribution in [0.3, 0.4) is 0 Å². The number of aliphatic carboxylic acids is 1. The summed E-state index contributed by atoms with van der Waals surface area (Å²) in [6, 6.07) is 12.5. The smallest absolute Gasteiger partial charge is 0.307 e. The van der Waals surface area contributed by atoms with Crippen molar-refractivity contribution < 1.29 is 23.8 Å². The van der Waals surface area contributed by atoms with E-state index in [0.29, 0.717) is 83.7 Å². The maximum Gasteiger partial charge on any atom is 0.307 e. The number of methoxy groups -OCH3 is 1. The van der Waals surface area contributed by atoms with Gasteiger partial charge in [0.15, 0.2) is 11.6 Å². The highest BCUT2D eigenvalue weighted by Crippen LogP contribution is 2.41. The Bertz CT molecular complexity index is 1850. The van der Waals surface area contributed by atoms with E-state index in [4.69, 9.17) is 32.9 Å². The van der Waals surface area contributed by atoms with Gasteiger partial charge in [0.25, 0.3) is 0 Å². The number of nitrogens with one attached hydrogen (secondary N) is 3. The summed E-state index contributed by atoms with van der Waals surface area (Å²) >= 11 is 13.8. The summed E-state index contributed by atoms with van der Waals surface area (Å²) < 4.78 is 21.2. The predicted molar refractivity (Wildman–Crippen MR) is 181 cm³/mol. The van der Waals surface area contributed by atoms with Gasteiger partial charge in [0, 0.05) is 73.3 Å². The van der Waals surface area contributed by atoms with Crippen molar-refractivity contribution in [2.75, 3.05) is 32.1 Å². The molecule has 3 aromatic heterocycles. The molecule has 2 fully saturated rings. The van der Waals surface area contributed by atoms with Crippen molar-refractivity contribution in [3.05, 3.63) is 81.8 Å². The number of carbonyl (C=O) groups is 2. The molecular weight excluding hydrogens is 660 g/mol. The summed E-state index contributed by atoms with van der Waals surface area (Å²) in [5.74, 6) is -1.32. The number of aromatic nitrogens is 3. The van der Waals surface area contributed by atoms with Crippen LogP contribution < -0.4 is 20.7 Å². The topological polar surface area (TPSA) is 142 Å². The molecule has 48 heavy (non-hydrogen) atoms. The lowest BCUT2D eigenvalue weighted by Crippen LogP contribution is -2.35. The number of carboxylic acid groups (broad SMARTS) is 1. The molecule has 2 saturated heterocycles. The minimum absolute atomic E-state index is 0.00722. The minimum Gasteiger partial charge on any atom is -0.481 e. The van der Waals surface area contributed by atoms with E-state index in [1.165, 1.54) is 6.20 Å². The fraction of sp³-hybridized carbons (Fsp3) is 0.324. The number of carbonyl (C=O) groups excluding carboxylic acids is 1. The number of ether oxygens (including phenoxy) is 1. The molecule has 5 heterocycles. The zero-order valence-electron chi connectivity index (χ0n) is 26.1. The summed E-state index contributed by atoms with van der Waals surface area (Å²) in [5.41, 5.74) is 3.79. The molecule has 4 N–H and O–H groups in total. The van der Waals surface area contributed by atoms with Crippen LogP contribution in [0, 0.1) is 11.7 Å². The molecule has 2 atom stereocenters. The van der Waals surface area contributed by atoms with Crippen molar-refractivity contribution in [2.24, 2.45) is 5.92 Å². The Labute approximate surface area is 286 Å². The molecule has 0 bridgehead atoms. The first-order chi connectivity index (χ1) is 23.2. The Morgan fingerprint density at radius 3 is 2.67 bits per heavy atom. The number of anilines is 2. The van der Waals surface area contributed by atoms with Crippen LogP contribution in [0.15, 0.2) is 54.9 Å². The van der Waals surface area contributed by atoms with Crippen molar-refractivity contribution in [1.29, 1.82) is 0 Å². The van der Waals surface area contributed by atoms with Gasteiger partial charge in [-0.2, -0.15) is 0 Å². The molecule has 2 aliphatic rings. The standard InChI is InChI=1S/C34H34Cl2FN7O4/c1-48-33-19(15-38-16-22-6-8-27(45)41-22)5-7-25(43-33)23-10-13-39-31(29(23)36)24-3-2-4-26(28(24)35)42-32-30(37)20(9-12-40-32)17-44-14-11-21(18-44)34(46)47/h2-5,7,9-10,12-13,21-22,38H,6,8,11,14-18H2,1H3,(H,40,42)(H,41,45)(H,46,47)/t21-,22+/m1/s1. The summed E-state index contributed by atoms with van der Waals surface area (Å²) in [7, 11) is 1.55. The van der Waals surface area contributed by atoms with E-state index in [-0.39, 0.29) is 29.3 Å². The number of likely N-dealkylation sites (tertiary alicyclic amines) is 1. The normalized spacial score (nSPS) is 17.8. The molecule has 250 valence electrons. The molecule has 0 aliphatic carbocycles. The molecule has 0 unspecified atom stereocenters. The van der Waals surface area contributed by atoms with E-state index >= 15 is 4.39 Å². The van der Waals surface area contributed by atoms with Crippen molar-refractivity contribution in [3.63, 3.8) is 0 Å². The summed E-state index contributed by atoms with van der Waals surface area (Å²) in [5, 5.41) is 19.2. The molecule has 1 amide bonds. The summed E-state index contributed by atoms with van der Waals surface area (Å²) in [6.45, 7) is 2.37. The average molecular weight is 695 g/mol. The number of benzene rings is 1. The molecular formula is C34H34Cl2FN7O4. The Hall–Kier alpha value is -4.36. The fourth-order valence-corrected chi connectivity index (χ4v) is 6.60. The second kappa shape index (κ2) is 14.8. The third-order valence-corrected chi connectivity index (χ3v) is 9.37. The van der Waals surface area contributed by atoms with E-state index in [1.54, 1.807) is 43.6 Å². The number of halogens is 3. The van der Waals surface area contributed by atoms with Crippen LogP contribution in [-0.4, -0.2) is 69.6 Å². The number of carboxylic acids is 1. The predicted octanol–water partition coefficient (Wildman–Crippen LogP) is 5.68. The van der Waals surface area contributed by atoms with Crippen molar-refractivity contribution in [3.8, 4) is 28.4 Å². The third-order valence-electron chi connectivity index (χ3n) is 8.58. The molecule has 6 rings (SSSR count). The second-order valence-electron chi connectivity index (χ2n) is 11.8. The van der Waals surface area contributed by atoms with Gasteiger partial charge in [-0.25, -0.2) is 14.4 Å². The van der Waals surface area contributed by atoms with Crippen LogP contribution in [0.1, 0.15) is 30.4 Å². The lowest BCUT2D eigenvalue weighted by atomic mass is 10.1. The Kier molecular flexibility index (Phi) is 10.4. The van der Waals surface area contributed by atoms with Gasteiger partial charge in [0.1, 0.15) is 0 Å². The molecule has 11 nitrogen and oxygen atoms in total. The van der Waals surface area contributed by atoms with Crippen molar-refractivity contribution in [2.45, 2.75) is 38.4 Å². The highest BCUT2D eigenvalue weighted by Gasteiger charge is 2.29. The van der Waals surface area contributed by atoms with Crippen LogP contribution in [0.25, 0.3) is 22.5 Å². The van der Waals surface area contributed by atoms with Gasteiger partial charge < -0.3 is 25.8 Å². The quantitative estimate of drug-likeness (QED) is 0.146. The van der Waals surface area contributed by atoms with E-state index in [0.717, 1.165) is 12.0 Å². The molecule has 1 aromatic carbocycles. The Morgan fingerprint density at radius 2 is 1.92 bits per heavy atom. The van der Waals surface area contributed by atoms with E-state index < -0.39 is 17.7 Å². The molecule has 14 heteroatoms. The third kappa shape index (κ3) is 7.36. The first-order valence-electron chi connectivity index (χ1n) is 15.5. The van der Waals surface area contributed by atoms with Gasteiger partial charge in [0.05, 0.1) is 40.1 Å². The van der Waals surface area contributed by atoms with E-state index in [1.807, 2.05) is 17.0 Å². The van der Waals surface area contributed by atoms with Crippen LogP contribution in [0.2, 0.25) is 10.0 Å². The summed E-state index contributed by atoms with van der Waals surface area (Å²) in [4.78, 5) is 38.2. The molecule has 4 aromatic rings. The minimum atomic E-state index is -0.838. The zero-order valence-corrected chi connectivity index (χ0v) is 27.6. The molecule has 0 radical (unpaired) electrons. The van der Waals surface area contributed by atoms with Crippen LogP contribution >= 0.6 is 23.2 Å². The summed E-state index contributed by atoms with van der Waals surface area (Å²) in [6.07, 6.45) is 5.01. The van der Waals surface area contributed by atoms with Gasteiger partial charge in [0.2, 0.25) is 11.8 Å². The van der Waals surface area contributed by atoms with E-state index in [9.17, 15) is 14.7 Å². The second-order valence-corrected chi connectivity index (χ2v) is 12.6. The van der Waals surface area contributed by atoms with Crippen molar-refractivity contribution in [1.82, 2.24) is 30.5 Å². The number of rotatable bonds is 12. The number of pyridine rings is 3. The number of amides is 1. The monoisotopic (exact) mass is 693 g/mol. The average Bonchev–Trinajstić information content (AvgIpc) is 3.73. The SMILES string of the molecule is COc1nc(-c2ccnc(-c3cccc(Nc4nccc(CN5CC[C@@H](C(=O)O)C5)c4F)c3Cl)c2Cl)ccc1CNC[C@@H]1CCC(=O)N1. The van der Waals surface area contributed by atoms with Gasteiger partial charge in [-0.3, -0.25) is 19.5 Å². The molecule has 0 spiro atoms. The Morgan fingerprint density at radius 1 is 1.08 bits per heavy atom. The Balaban J connectivity index is 1.20. The lowest BCUT2D eigenvalue weighted by Gasteiger charge is -2.17. The zero-order chi connectivity index (χ0) is 33.8. The molecule has 0 saturated carbocycles. The fourth-order valence-electron chi connectivity index (χ4n) is 6.02. The van der Waals surface area contributed by atoms with Gasteiger partial charge in [-0.15, -0.1) is 0 Å². The first-order valence-corrected chi connectivity index (χ1v) is 16.3. The number of hydrogen-bond acceptors (Lipinski definition) is 9. The number of nitrogens with zero attached hydrogens (tertiary/aromatic N) is 4. The van der Waals surface area contributed by atoms with Gasteiger partial charge in [-0.1, -0.05) is 41.4 Å². The maximum atomic E-state index is 15.6. The van der Waals surface area contributed by atoms with Gasteiger partial charge in [-0.05, 0) is 43.7 Å². The molecule has 2 aliphatic heterocycles. The van der Waals surface area contributed by atoms with Crippen LogP contribution in [0.4, 0.5) is 15.9 Å². The maximum absolute atomic E-state index is 15.6. The van der Waals surface area contributed by atoms with E-state index in [2.05, 4.69) is 25.9 Å². The highest BCUT2D eigenvalue weighted by atomic mass is 35.5. The highest BCUT2D eigenvalue weighted by molar-refractivity contribution is 6.39. The lowest BCUT2D eigenvalue weighted by molar-refractivity contribution is -0.141. The van der Waals surface area contributed by atoms with Crippen LogP contribution in [0.5, 0.6) is 5.88 Å².